The average Bonchev–Trinajstić information content (AvgIpc) is 3.10. The maximum absolute atomic E-state index is 12.6. The monoisotopic (exact) mass is 466 g/mol. The van der Waals surface area contributed by atoms with Gasteiger partial charge in [0.15, 0.2) is 5.58 Å². The Hall–Kier alpha value is -1.56. The lowest BCUT2D eigenvalue weighted by Crippen LogP contribution is -2.36. The molecule has 3 aromatic rings. The number of benzene rings is 2. The summed E-state index contributed by atoms with van der Waals surface area (Å²) in [6.07, 6.45) is 5.70. The molecule has 27 heavy (non-hydrogen) atoms. The quantitative estimate of drug-likeness (QED) is 0.440. The number of aromatic nitrogens is 1. The highest BCUT2D eigenvalue weighted by Gasteiger charge is 2.18. The number of hydrogen-bond acceptors (Lipinski definition) is 3. The first-order chi connectivity index (χ1) is 13.0. The van der Waals surface area contributed by atoms with Crippen LogP contribution in [0.15, 0.2) is 39.2 Å². The first kappa shape index (κ1) is 18.8. The van der Waals surface area contributed by atoms with Gasteiger partial charge in [-0.25, -0.2) is 4.98 Å². The Bertz CT molecular complexity index is 989. The van der Waals surface area contributed by atoms with E-state index < -0.39 is 0 Å². The maximum atomic E-state index is 12.6. The molecule has 140 valence electrons. The van der Waals surface area contributed by atoms with E-state index in [0.29, 0.717) is 42.6 Å². The number of carbonyl (C=O) groups excluding carboxylic acids is 1. The van der Waals surface area contributed by atoms with Crippen LogP contribution in [-0.4, -0.2) is 16.9 Å². The van der Waals surface area contributed by atoms with E-state index in [-0.39, 0.29) is 11.9 Å². The van der Waals surface area contributed by atoms with Crippen LogP contribution in [0.4, 0.5) is 0 Å². The summed E-state index contributed by atoms with van der Waals surface area (Å²) < 4.78 is 6.45. The van der Waals surface area contributed by atoms with Gasteiger partial charge in [-0.15, -0.1) is 0 Å². The van der Waals surface area contributed by atoms with E-state index in [1.807, 2.05) is 0 Å². The third kappa shape index (κ3) is 4.00. The molecule has 1 fully saturated rings. The fourth-order valence-corrected chi connectivity index (χ4v) is 4.10. The van der Waals surface area contributed by atoms with Crippen molar-refractivity contribution in [2.24, 2.45) is 0 Å². The van der Waals surface area contributed by atoms with Crippen molar-refractivity contribution in [3.8, 4) is 11.5 Å². The summed E-state index contributed by atoms with van der Waals surface area (Å²) in [7, 11) is 0. The zero-order chi connectivity index (χ0) is 19.0. The average molecular weight is 468 g/mol. The van der Waals surface area contributed by atoms with Crippen molar-refractivity contribution in [3.63, 3.8) is 0 Å². The highest BCUT2D eigenvalue weighted by molar-refractivity contribution is 9.10. The molecule has 0 bridgehead atoms. The van der Waals surface area contributed by atoms with Crippen molar-refractivity contribution in [3.05, 3.63) is 50.4 Å². The Labute approximate surface area is 175 Å². The predicted molar refractivity (Wildman–Crippen MR) is 112 cm³/mol. The molecule has 1 aliphatic carbocycles. The van der Waals surface area contributed by atoms with Crippen LogP contribution in [0.1, 0.15) is 42.5 Å². The molecule has 4 rings (SSSR count). The maximum Gasteiger partial charge on any atom is 0.251 e. The van der Waals surface area contributed by atoms with E-state index in [4.69, 9.17) is 27.6 Å². The summed E-state index contributed by atoms with van der Waals surface area (Å²) in [5.74, 6) is 0.342. The van der Waals surface area contributed by atoms with Gasteiger partial charge < -0.3 is 9.73 Å². The van der Waals surface area contributed by atoms with Crippen LogP contribution in [0.25, 0.3) is 22.6 Å². The van der Waals surface area contributed by atoms with Crippen LogP contribution in [0.5, 0.6) is 0 Å². The Balaban J connectivity index is 1.61. The predicted octanol–water partition coefficient (Wildman–Crippen LogP) is 6.63. The molecule has 1 aliphatic rings. The lowest BCUT2D eigenvalue weighted by atomic mass is 9.95. The second kappa shape index (κ2) is 7.82. The van der Waals surface area contributed by atoms with Gasteiger partial charge in [0.2, 0.25) is 5.89 Å². The summed E-state index contributed by atoms with van der Waals surface area (Å²) in [5.41, 5.74) is 2.49. The molecule has 2 aromatic carbocycles. The van der Waals surface area contributed by atoms with Gasteiger partial charge in [0.1, 0.15) is 5.52 Å². The minimum atomic E-state index is -0.0666. The molecule has 4 nitrogen and oxygen atoms in total. The van der Waals surface area contributed by atoms with E-state index in [9.17, 15) is 4.79 Å². The van der Waals surface area contributed by atoms with Crippen LogP contribution in [0.2, 0.25) is 10.0 Å². The number of fused-ring (bicyclic) bond motifs is 1. The largest absolute Gasteiger partial charge is 0.436 e. The number of amides is 1. The number of halogens is 3. The number of rotatable bonds is 3. The summed E-state index contributed by atoms with van der Waals surface area (Å²) in [6, 6.07) is 9.02. The minimum absolute atomic E-state index is 0.0666. The molecular formula is C20H17BrCl2N2O2. The minimum Gasteiger partial charge on any atom is -0.436 e. The Morgan fingerprint density at radius 3 is 2.52 bits per heavy atom. The fraction of sp³-hybridized carbons (Fsp3) is 0.300. The number of nitrogens with one attached hydrogen (secondary N) is 1. The zero-order valence-electron chi connectivity index (χ0n) is 14.4. The topological polar surface area (TPSA) is 55.1 Å². The van der Waals surface area contributed by atoms with Crippen molar-refractivity contribution in [1.29, 1.82) is 0 Å². The lowest BCUT2D eigenvalue weighted by Gasteiger charge is -2.22. The van der Waals surface area contributed by atoms with Gasteiger partial charge in [0.05, 0.1) is 14.5 Å². The van der Waals surface area contributed by atoms with Gasteiger partial charge in [-0.1, -0.05) is 42.5 Å². The number of hydrogen-bond donors (Lipinski definition) is 1. The second-order valence-electron chi connectivity index (χ2n) is 6.76. The summed E-state index contributed by atoms with van der Waals surface area (Å²) >= 11 is 15.7. The smallest absolute Gasteiger partial charge is 0.251 e. The van der Waals surface area contributed by atoms with E-state index >= 15 is 0 Å². The lowest BCUT2D eigenvalue weighted by molar-refractivity contribution is 0.0928. The molecule has 1 saturated carbocycles. The van der Waals surface area contributed by atoms with Crippen molar-refractivity contribution >= 4 is 56.1 Å². The Kier molecular flexibility index (Phi) is 5.44. The molecule has 1 heterocycles. The van der Waals surface area contributed by atoms with E-state index in [1.54, 1.807) is 30.3 Å². The van der Waals surface area contributed by atoms with Gasteiger partial charge in [-0.05, 0) is 59.1 Å². The molecule has 1 N–H and O–H groups in total. The molecule has 0 atom stereocenters. The summed E-state index contributed by atoms with van der Waals surface area (Å²) in [4.78, 5) is 17.1. The van der Waals surface area contributed by atoms with Crippen molar-refractivity contribution in [1.82, 2.24) is 10.3 Å². The fourth-order valence-electron chi connectivity index (χ4n) is 3.39. The van der Waals surface area contributed by atoms with E-state index in [1.165, 1.54) is 19.3 Å². The highest BCUT2D eigenvalue weighted by Crippen LogP contribution is 2.36. The third-order valence-electron chi connectivity index (χ3n) is 4.82. The number of oxazole rings is 1. The summed E-state index contributed by atoms with van der Waals surface area (Å²) in [5, 5.41) is 4.08. The second-order valence-corrected chi connectivity index (χ2v) is 8.37. The van der Waals surface area contributed by atoms with Gasteiger partial charge in [-0.2, -0.15) is 0 Å². The van der Waals surface area contributed by atoms with Gasteiger partial charge in [0.25, 0.3) is 5.91 Å². The molecule has 0 aliphatic heterocycles. The standard InChI is InChI=1S/C20H17BrCl2N2O2/c21-18-14(22)8-12(9-15(18)23)20-25-16-10-11(6-7-17(16)27-20)19(26)24-13-4-2-1-3-5-13/h6-10,13H,1-5H2,(H,24,26). The third-order valence-corrected chi connectivity index (χ3v) is 6.73. The van der Waals surface area contributed by atoms with Crippen LogP contribution in [0.3, 0.4) is 0 Å². The van der Waals surface area contributed by atoms with Crippen LogP contribution >= 0.6 is 39.1 Å². The number of carbonyl (C=O) groups is 1. The van der Waals surface area contributed by atoms with Crippen molar-refractivity contribution in [2.75, 3.05) is 0 Å². The molecule has 0 radical (unpaired) electrons. The van der Waals surface area contributed by atoms with Gasteiger partial charge in [-0.3, -0.25) is 4.79 Å². The summed E-state index contributed by atoms with van der Waals surface area (Å²) in [6.45, 7) is 0. The van der Waals surface area contributed by atoms with Gasteiger partial charge >= 0.3 is 0 Å². The van der Waals surface area contributed by atoms with Crippen molar-refractivity contribution in [2.45, 2.75) is 38.1 Å². The molecular weight excluding hydrogens is 451 g/mol. The van der Waals surface area contributed by atoms with Crippen LogP contribution < -0.4 is 5.32 Å². The first-order valence-electron chi connectivity index (χ1n) is 8.87. The molecule has 0 unspecified atom stereocenters. The molecule has 1 aromatic heterocycles. The van der Waals surface area contributed by atoms with Gasteiger partial charge in [0, 0.05) is 17.2 Å². The Morgan fingerprint density at radius 1 is 1.11 bits per heavy atom. The highest BCUT2D eigenvalue weighted by atomic mass is 79.9. The first-order valence-corrected chi connectivity index (χ1v) is 10.4. The molecule has 0 spiro atoms. The van der Waals surface area contributed by atoms with E-state index in [2.05, 4.69) is 26.2 Å². The van der Waals surface area contributed by atoms with Crippen LogP contribution in [0, 0.1) is 0 Å². The molecule has 0 saturated heterocycles. The zero-order valence-corrected chi connectivity index (χ0v) is 17.5. The van der Waals surface area contributed by atoms with Crippen LogP contribution in [-0.2, 0) is 0 Å². The van der Waals surface area contributed by atoms with E-state index in [0.717, 1.165) is 12.8 Å². The molecule has 7 heteroatoms. The number of nitrogens with zero attached hydrogens (tertiary/aromatic N) is 1. The molecule has 1 amide bonds. The normalized spacial score (nSPS) is 15.2. The van der Waals surface area contributed by atoms with Crippen molar-refractivity contribution < 1.29 is 9.21 Å². The Morgan fingerprint density at radius 2 is 1.81 bits per heavy atom. The SMILES string of the molecule is O=C(NC1CCCCC1)c1ccc2oc(-c3cc(Cl)c(Br)c(Cl)c3)nc2c1.